The number of nitrogens with one attached hydrogen (secondary N) is 1. The second kappa shape index (κ2) is 2.71. The second-order valence-corrected chi connectivity index (χ2v) is 2.38. The molecule has 1 radical (unpaired) electrons. The molecular weight excluding hydrogens is 181 g/mol. The van der Waals surface area contributed by atoms with Crippen molar-refractivity contribution in [1.29, 1.82) is 0 Å². The number of hydrogen-bond acceptors (Lipinski definition) is 1. The van der Waals surface area contributed by atoms with Crippen molar-refractivity contribution in [2.75, 3.05) is 0 Å². The summed E-state index contributed by atoms with van der Waals surface area (Å²) in [4.78, 5) is 6.78. The number of nitrogens with zero attached hydrogens (tertiary/aromatic N) is 1. The van der Waals surface area contributed by atoms with Gasteiger partial charge in [0.2, 0.25) is 0 Å². The first kappa shape index (κ1) is 6.39. The predicted molar refractivity (Wildman–Crippen MR) is 37.8 cm³/mol. The second-order valence-electron chi connectivity index (χ2n) is 1.51. The molecule has 1 aromatic rings. The van der Waals surface area contributed by atoms with Crippen molar-refractivity contribution in [3.63, 3.8) is 0 Å². The zero-order valence-corrected chi connectivity index (χ0v) is 6.38. The normalized spacial score (nSPS) is 11.8. The molecular formula is C5H6N3Se. The Balaban J connectivity index is 2.80. The van der Waals surface area contributed by atoms with Gasteiger partial charge in [-0.15, -0.1) is 0 Å². The van der Waals surface area contributed by atoms with Gasteiger partial charge >= 0.3 is 60.6 Å². The first-order valence-electron chi connectivity index (χ1n) is 2.43. The van der Waals surface area contributed by atoms with E-state index in [-0.39, 0.29) is 0 Å². The Morgan fingerprint density at radius 1 is 1.78 bits per heavy atom. The summed E-state index contributed by atoms with van der Waals surface area (Å²) in [6.45, 7) is 0. The standard InChI is InChI=1S/C5H6N3Se/c6-5(9)8-4-2-1-3-7-4/h1-3,7H,(H2,6,8). The Morgan fingerprint density at radius 2 is 2.56 bits per heavy atom. The summed E-state index contributed by atoms with van der Waals surface area (Å²) in [6.07, 6.45) is 1.79. The SMILES string of the molecule is NC([Se])=Nc1ccc[nH]1. The van der Waals surface area contributed by atoms with Crippen LogP contribution in [0.3, 0.4) is 0 Å². The molecule has 1 aromatic heterocycles. The van der Waals surface area contributed by atoms with E-state index in [1.165, 1.54) is 0 Å². The third-order valence-corrected chi connectivity index (χ3v) is 1.00. The van der Waals surface area contributed by atoms with Crippen LogP contribution in [0, 0.1) is 0 Å². The average Bonchev–Trinajstić information content (AvgIpc) is 2.15. The summed E-state index contributed by atoms with van der Waals surface area (Å²) in [6, 6.07) is 3.70. The Labute approximate surface area is 61.2 Å². The van der Waals surface area contributed by atoms with Crippen LogP contribution in [-0.4, -0.2) is 25.7 Å². The van der Waals surface area contributed by atoms with Crippen LogP contribution in [0.5, 0.6) is 0 Å². The molecule has 0 aliphatic carbocycles. The van der Waals surface area contributed by atoms with Gasteiger partial charge in [-0.05, 0) is 0 Å². The van der Waals surface area contributed by atoms with E-state index in [1.54, 1.807) is 6.20 Å². The van der Waals surface area contributed by atoms with Gasteiger partial charge in [-0.2, -0.15) is 0 Å². The van der Waals surface area contributed by atoms with Crippen molar-refractivity contribution in [2.24, 2.45) is 10.7 Å². The van der Waals surface area contributed by atoms with Crippen molar-refractivity contribution < 1.29 is 0 Å². The molecule has 0 aromatic carbocycles. The molecule has 0 aliphatic rings. The van der Waals surface area contributed by atoms with Gasteiger partial charge in [0, 0.05) is 0 Å². The minimum atomic E-state index is 0.442. The van der Waals surface area contributed by atoms with Gasteiger partial charge in [0.15, 0.2) is 0 Å². The fraction of sp³-hybridized carbons (Fsp3) is 0. The zero-order chi connectivity index (χ0) is 6.69. The quantitative estimate of drug-likeness (QED) is 0.366. The van der Waals surface area contributed by atoms with Crippen LogP contribution in [0.15, 0.2) is 23.3 Å². The Kier molecular flexibility index (Phi) is 1.92. The van der Waals surface area contributed by atoms with Crippen LogP contribution < -0.4 is 5.73 Å². The Hall–Kier alpha value is -0.731. The fourth-order valence-corrected chi connectivity index (χ4v) is 0.715. The molecule has 4 heteroatoms. The van der Waals surface area contributed by atoms with Crippen LogP contribution in [-0.2, 0) is 0 Å². The van der Waals surface area contributed by atoms with Gasteiger partial charge in [-0.25, -0.2) is 0 Å². The number of aromatic amines is 1. The summed E-state index contributed by atoms with van der Waals surface area (Å²) < 4.78 is 0.442. The molecule has 1 rings (SSSR count). The molecule has 3 N–H and O–H groups in total. The first-order chi connectivity index (χ1) is 4.29. The number of aromatic nitrogens is 1. The van der Waals surface area contributed by atoms with E-state index < -0.39 is 0 Å². The van der Waals surface area contributed by atoms with E-state index >= 15 is 0 Å². The summed E-state index contributed by atoms with van der Waals surface area (Å²) in [5.41, 5.74) is 5.26. The number of hydrogen-bond donors (Lipinski definition) is 2. The van der Waals surface area contributed by atoms with Gasteiger partial charge in [0.1, 0.15) is 0 Å². The molecule has 0 unspecified atom stereocenters. The van der Waals surface area contributed by atoms with Crippen LogP contribution in [0.2, 0.25) is 0 Å². The topological polar surface area (TPSA) is 54.2 Å². The first-order valence-corrected chi connectivity index (χ1v) is 3.29. The summed E-state index contributed by atoms with van der Waals surface area (Å²) in [7, 11) is 0. The van der Waals surface area contributed by atoms with Gasteiger partial charge < -0.3 is 0 Å². The molecule has 0 amide bonds. The zero-order valence-electron chi connectivity index (χ0n) is 4.66. The monoisotopic (exact) mass is 188 g/mol. The molecule has 9 heavy (non-hydrogen) atoms. The van der Waals surface area contributed by atoms with E-state index in [9.17, 15) is 0 Å². The van der Waals surface area contributed by atoms with Gasteiger partial charge in [0.05, 0.1) is 0 Å². The van der Waals surface area contributed by atoms with E-state index in [0.29, 0.717) is 4.73 Å². The maximum absolute atomic E-state index is 5.26. The van der Waals surface area contributed by atoms with Crippen molar-refractivity contribution in [2.45, 2.75) is 0 Å². The van der Waals surface area contributed by atoms with Crippen molar-refractivity contribution in [1.82, 2.24) is 4.98 Å². The number of nitrogens with two attached hydrogens (primary N) is 1. The maximum atomic E-state index is 5.26. The Morgan fingerprint density at radius 3 is 3.00 bits per heavy atom. The number of amidine groups is 1. The molecule has 0 fully saturated rings. The molecule has 47 valence electrons. The third-order valence-electron chi connectivity index (χ3n) is 0.812. The van der Waals surface area contributed by atoms with Gasteiger partial charge in [-0.3, -0.25) is 0 Å². The van der Waals surface area contributed by atoms with Crippen LogP contribution >= 0.6 is 0 Å². The molecule has 0 atom stereocenters. The Bertz CT molecular complexity index is 198. The predicted octanol–water partition coefficient (Wildman–Crippen LogP) is 0.129. The number of aliphatic imine (C=N–C) groups is 1. The fourth-order valence-electron chi connectivity index (χ4n) is 0.509. The molecule has 0 saturated heterocycles. The van der Waals surface area contributed by atoms with Gasteiger partial charge in [0.25, 0.3) is 0 Å². The van der Waals surface area contributed by atoms with E-state index in [2.05, 4.69) is 26.0 Å². The van der Waals surface area contributed by atoms with Crippen LogP contribution in [0.1, 0.15) is 0 Å². The molecule has 0 aliphatic heterocycles. The average molecular weight is 187 g/mol. The minimum absolute atomic E-state index is 0.442. The van der Waals surface area contributed by atoms with Crippen LogP contribution in [0.4, 0.5) is 5.82 Å². The van der Waals surface area contributed by atoms with Crippen LogP contribution in [0.25, 0.3) is 0 Å². The van der Waals surface area contributed by atoms with E-state index in [4.69, 9.17) is 5.73 Å². The van der Waals surface area contributed by atoms with Crippen molar-refractivity contribution in [3.05, 3.63) is 18.3 Å². The molecule has 3 nitrogen and oxygen atoms in total. The summed E-state index contributed by atoms with van der Waals surface area (Å²) in [5, 5.41) is 0. The van der Waals surface area contributed by atoms with E-state index in [1.807, 2.05) is 12.1 Å². The number of H-pyrrole nitrogens is 1. The van der Waals surface area contributed by atoms with E-state index in [0.717, 1.165) is 5.82 Å². The molecule has 0 bridgehead atoms. The molecule has 0 spiro atoms. The van der Waals surface area contributed by atoms with Gasteiger partial charge in [-0.1, -0.05) is 0 Å². The molecule has 1 heterocycles. The summed E-state index contributed by atoms with van der Waals surface area (Å²) in [5.74, 6) is 0.770. The van der Waals surface area contributed by atoms with Crippen molar-refractivity contribution >= 4 is 26.6 Å². The number of rotatable bonds is 1. The molecule has 0 saturated carbocycles. The third kappa shape index (κ3) is 1.91. The summed E-state index contributed by atoms with van der Waals surface area (Å²) >= 11 is 2.59. The van der Waals surface area contributed by atoms with Crippen molar-refractivity contribution in [3.8, 4) is 0 Å².